The molecule has 2 atom stereocenters. The molecule has 0 fully saturated rings. The van der Waals surface area contributed by atoms with Gasteiger partial charge in [-0.15, -0.1) is 0 Å². The van der Waals surface area contributed by atoms with Crippen LogP contribution in [-0.2, 0) is 28.6 Å². The summed E-state index contributed by atoms with van der Waals surface area (Å²) in [5.41, 5.74) is 0. The molecule has 6 nitrogen and oxygen atoms in total. The lowest BCUT2D eigenvalue weighted by Gasteiger charge is -2.18. The Kier molecular flexibility index (Phi) is 51.0. The Hall–Kier alpha value is -1.59. The van der Waals surface area contributed by atoms with E-state index in [0.29, 0.717) is 19.3 Å². The van der Waals surface area contributed by atoms with Crippen molar-refractivity contribution in [2.24, 2.45) is 17.8 Å². The van der Waals surface area contributed by atoms with Crippen molar-refractivity contribution in [1.82, 2.24) is 0 Å². The van der Waals surface area contributed by atoms with Crippen molar-refractivity contribution in [3.8, 4) is 0 Å². The van der Waals surface area contributed by atoms with E-state index in [1.54, 1.807) is 0 Å². The Labute approximate surface area is 418 Å². The Morgan fingerprint density at radius 2 is 0.522 bits per heavy atom. The molecule has 398 valence electrons. The first-order chi connectivity index (χ1) is 32.6. The first kappa shape index (κ1) is 65.4. The smallest absolute Gasteiger partial charge is 0.306 e. The fourth-order valence-corrected chi connectivity index (χ4v) is 9.32. The van der Waals surface area contributed by atoms with Gasteiger partial charge < -0.3 is 14.2 Å². The highest BCUT2D eigenvalue weighted by Crippen LogP contribution is 2.19. The second-order valence-corrected chi connectivity index (χ2v) is 22.2. The number of esters is 3. The molecule has 0 saturated heterocycles. The third-order valence-corrected chi connectivity index (χ3v) is 14.3. The quantitative estimate of drug-likeness (QED) is 0.0343. The van der Waals surface area contributed by atoms with Gasteiger partial charge in [0, 0.05) is 19.3 Å². The molecule has 0 bridgehead atoms. The van der Waals surface area contributed by atoms with Crippen molar-refractivity contribution >= 4 is 17.9 Å². The minimum absolute atomic E-state index is 0.0633. The molecule has 0 amide bonds. The maximum absolute atomic E-state index is 12.9. The van der Waals surface area contributed by atoms with Gasteiger partial charge in [0.2, 0.25) is 0 Å². The zero-order valence-electron chi connectivity index (χ0n) is 46.2. The van der Waals surface area contributed by atoms with Crippen LogP contribution in [0.4, 0.5) is 0 Å². The molecule has 0 rings (SSSR count). The Bertz CT molecular complexity index is 1040. The Morgan fingerprint density at radius 3 is 0.776 bits per heavy atom. The minimum atomic E-state index is -0.764. The first-order valence-corrected chi connectivity index (χ1v) is 30.1. The van der Waals surface area contributed by atoms with Crippen molar-refractivity contribution in [3.05, 3.63) is 0 Å². The van der Waals surface area contributed by atoms with Gasteiger partial charge in [0.15, 0.2) is 6.10 Å². The minimum Gasteiger partial charge on any atom is -0.462 e. The van der Waals surface area contributed by atoms with Crippen molar-refractivity contribution < 1.29 is 28.6 Å². The number of carbonyl (C=O) groups is 3. The summed E-state index contributed by atoms with van der Waals surface area (Å²) in [7, 11) is 0. The van der Waals surface area contributed by atoms with E-state index in [2.05, 4.69) is 41.5 Å². The van der Waals surface area contributed by atoms with Crippen LogP contribution in [-0.4, -0.2) is 37.2 Å². The van der Waals surface area contributed by atoms with Gasteiger partial charge in [-0.3, -0.25) is 14.4 Å². The molecule has 1 unspecified atom stereocenters. The van der Waals surface area contributed by atoms with E-state index < -0.39 is 6.10 Å². The molecule has 6 heteroatoms. The van der Waals surface area contributed by atoms with Gasteiger partial charge in [-0.25, -0.2) is 0 Å². The van der Waals surface area contributed by atoms with Crippen LogP contribution in [0.2, 0.25) is 0 Å². The van der Waals surface area contributed by atoms with E-state index in [1.807, 2.05) is 0 Å². The summed E-state index contributed by atoms with van der Waals surface area (Å²) >= 11 is 0. The summed E-state index contributed by atoms with van der Waals surface area (Å²) in [6.45, 7) is 13.8. The van der Waals surface area contributed by atoms with Gasteiger partial charge in [-0.2, -0.15) is 0 Å². The van der Waals surface area contributed by atoms with E-state index >= 15 is 0 Å². The van der Waals surface area contributed by atoms with Crippen molar-refractivity contribution in [1.29, 1.82) is 0 Å². The highest BCUT2D eigenvalue weighted by molar-refractivity contribution is 5.71. The predicted octanol–water partition coefficient (Wildman–Crippen LogP) is 19.9. The SMILES string of the molecule is CCC(C)CCCCCCCCCCCCC(=O)O[C@H](COC(=O)CCCCCCCCCCCCCCCCCC(C)C)COC(=O)CCCCCCCCCCCCCCCCC(C)C. The first-order valence-electron chi connectivity index (χ1n) is 30.1. The summed E-state index contributed by atoms with van der Waals surface area (Å²) in [6.07, 6.45) is 55.2. The lowest BCUT2D eigenvalue weighted by molar-refractivity contribution is -0.167. The zero-order valence-corrected chi connectivity index (χ0v) is 46.2. The average Bonchev–Trinajstić information content (AvgIpc) is 3.30. The van der Waals surface area contributed by atoms with Crippen LogP contribution in [0.1, 0.15) is 337 Å². The fraction of sp³-hybridized carbons (Fsp3) is 0.951. The van der Waals surface area contributed by atoms with Crippen LogP contribution in [0, 0.1) is 17.8 Å². The molecule has 0 aromatic heterocycles. The Balaban J connectivity index is 4.29. The highest BCUT2D eigenvalue weighted by atomic mass is 16.6. The third kappa shape index (κ3) is 53.6. The van der Waals surface area contributed by atoms with E-state index in [4.69, 9.17) is 14.2 Å². The fourth-order valence-electron chi connectivity index (χ4n) is 9.32. The van der Waals surface area contributed by atoms with Gasteiger partial charge in [-0.05, 0) is 37.0 Å². The topological polar surface area (TPSA) is 78.9 Å². The van der Waals surface area contributed by atoms with Crippen molar-refractivity contribution in [2.45, 2.75) is 343 Å². The zero-order chi connectivity index (χ0) is 49.1. The largest absolute Gasteiger partial charge is 0.462 e. The highest BCUT2D eigenvalue weighted by Gasteiger charge is 2.19. The van der Waals surface area contributed by atoms with Crippen molar-refractivity contribution in [3.63, 3.8) is 0 Å². The molecule has 0 N–H and O–H groups in total. The number of hydrogen-bond donors (Lipinski definition) is 0. The number of carbonyl (C=O) groups excluding carboxylic acids is 3. The molecule has 0 aliphatic rings. The number of unbranched alkanes of at least 4 members (excludes halogenated alkanes) is 36. The summed E-state index contributed by atoms with van der Waals surface area (Å²) in [4.78, 5) is 38.2. The van der Waals surface area contributed by atoms with Crippen LogP contribution in [0.5, 0.6) is 0 Å². The summed E-state index contributed by atoms with van der Waals surface area (Å²) in [6, 6.07) is 0. The number of rotatable bonds is 54. The maximum Gasteiger partial charge on any atom is 0.306 e. The van der Waals surface area contributed by atoms with Crippen LogP contribution in [0.3, 0.4) is 0 Å². The summed E-state index contributed by atoms with van der Waals surface area (Å²) < 4.78 is 16.9. The van der Waals surface area contributed by atoms with E-state index in [0.717, 1.165) is 75.5 Å². The van der Waals surface area contributed by atoms with Gasteiger partial charge in [0.05, 0.1) is 0 Å². The van der Waals surface area contributed by atoms with Gasteiger partial charge >= 0.3 is 17.9 Å². The monoisotopic (exact) mass is 947 g/mol. The Morgan fingerprint density at radius 1 is 0.299 bits per heavy atom. The molecule has 67 heavy (non-hydrogen) atoms. The summed E-state index contributed by atoms with van der Waals surface area (Å²) in [5, 5.41) is 0. The second kappa shape index (κ2) is 52.2. The molecule has 0 aliphatic heterocycles. The maximum atomic E-state index is 12.9. The standard InChI is InChI=1S/C61H118O6/c1-7-57(6)49-43-37-31-25-21-22-28-34-40-46-52-61(64)67-58(54-66-60(63)51-45-39-33-27-20-16-12-11-14-18-24-30-36-42-48-56(4)5)53-65-59(62)50-44-38-32-26-19-15-10-8-9-13-17-23-29-35-41-47-55(2)3/h55-58H,7-54H2,1-6H3/t57?,58-/m1/s1. The van der Waals surface area contributed by atoms with Crippen LogP contribution in [0.15, 0.2) is 0 Å². The molecule has 0 aromatic carbocycles. The molecular formula is C61H118O6. The number of hydrogen-bond acceptors (Lipinski definition) is 6. The molecular weight excluding hydrogens is 829 g/mol. The third-order valence-electron chi connectivity index (χ3n) is 14.3. The van der Waals surface area contributed by atoms with Gasteiger partial charge in [0.1, 0.15) is 13.2 Å². The predicted molar refractivity (Wildman–Crippen MR) is 289 cm³/mol. The van der Waals surface area contributed by atoms with Crippen LogP contribution in [0.25, 0.3) is 0 Å². The lowest BCUT2D eigenvalue weighted by Crippen LogP contribution is -2.30. The van der Waals surface area contributed by atoms with Gasteiger partial charge in [0.25, 0.3) is 0 Å². The number of ether oxygens (including phenoxy) is 3. The second-order valence-electron chi connectivity index (χ2n) is 22.2. The normalized spacial score (nSPS) is 12.5. The van der Waals surface area contributed by atoms with E-state index in [1.165, 1.54) is 218 Å². The lowest BCUT2D eigenvalue weighted by atomic mass is 9.99. The average molecular weight is 948 g/mol. The molecule has 0 spiro atoms. The summed E-state index contributed by atoms with van der Waals surface area (Å²) in [5.74, 6) is 1.72. The van der Waals surface area contributed by atoms with Crippen molar-refractivity contribution in [2.75, 3.05) is 13.2 Å². The van der Waals surface area contributed by atoms with Crippen LogP contribution >= 0.6 is 0 Å². The van der Waals surface area contributed by atoms with E-state index in [-0.39, 0.29) is 31.1 Å². The molecule has 0 aliphatic carbocycles. The molecule has 0 aromatic rings. The van der Waals surface area contributed by atoms with Crippen LogP contribution < -0.4 is 0 Å². The molecule has 0 radical (unpaired) electrons. The van der Waals surface area contributed by atoms with E-state index in [9.17, 15) is 14.4 Å². The van der Waals surface area contributed by atoms with Gasteiger partial charge in [-0.1, -0.05) is 298 Å². The molecule has 0 heterocycles. The molecule has 0 saturated carbocycles.